The number of carbonyl (C=O) groups excluding carboxylic acids is 1. The molecule has 0 radical (unpaired) electrons. The maximum atomic E-state index is 12.7. The van der Waals surface area contributed by atoms with Crippen LogP contribution in [-0.4, -0.2) is 39.9 Å². The Morgan fingerprint density at radius 1 is 1.03 bits per heavy atom. The van der Waals surface area contributed by atoms with Crippen LogP contribution in [0.4, 0.5) is 5.69 Å². The first-order valence-electron chi connectivity index (χ1n) is 10.8. The second kappa shape index (κ2) is 9.90. The number of aryl methyl sites for hydroxylation is 1. The molecule has 0 aliphatic carbocycles. The fraction of sp³-hybridized carbons (Fsp3) is 0.240. The number of ether oxygens (including phenoxy) is 1. The van der Waals surface area contributed by atoms with Gasteiger partial charge in [-0.15, -0.1) is 11.3 Å². The highest BCUT2D eigenvalue weighted by molar-refractivity contribution is 7.94. The van der Waals surface area contributed by atoms with Crippen LogP contribution >= 0.6 is 11.3 Å². The molecule has 0 atom stereocenters. The number of carbonyl (C=O) groups is 1. The summed E-state index contributed by atoms with van der Waals surface area (Å²) in [6, 6.07) is 17.7. The maximum absolute atomic E-state index is 12.7. The van der Waals surface area contributed by atoms with Crippen LogP contribution in [0.1, 0.15) is 18.2 Å². The van der Waals surface area contributed by atoms with E-state index >= 15 is 0 Å². The molecule has 0 unspecified atom stereocenters. The molecule has 0 fully saturated rings. The first-order chi connectivity index (χ1) is 16.3. The molecule has 0 N–H and O–H groups in total. The van der Waals surface area contributed by atoms with Crippen molar-refractivity contribution >= 4 is 43.9 Å². The molecule has 9 heteroatoms. The molecule has 0 aliphatic rings. The third-order valence-electron chi connectivity index (χ3n) is 5.60. The van der Waals surface area contributed by atoms with Gasteiger partial charge in [0.25, 0.3) is 15.9 Å². The molecule has 0 bridgehead atoms. The van der Waals surface area contributed by atoms with E-state index in [2.05, 4.69) is 0 Å². The summed E-state index contributed by atoms with van der Waals surface area (Å²) in [4.78, 5) is 14.3. The quantitative estimate of drug-likeness (QED) is 0.327. The number of likely N-dealkylation sites (N-methyl/N-ethyl adjacent to an activating group) is 1. The highest BCUT2D eigenvalue weighted by Gasteiger charge is 2.22. The number of nitrogens with zero attached hydrogens (tertiary/aromatic N) is 2. The second-order valence-electron chi connectivity index (χ2n) is 7.79. The molecular formula is C25H26N2O5S2. The summed E-state index contributed by atoms with van der Waals surface area (Å²) in [7, 11) is -0.358. The van der Waals surface area contributed by atoms with Gasteiger partial charge in [0.15, 0.2) is 6.61 Å². The molecule has 178 valence electrons. The van der Waals surface area contributed by atoms with Crippen LogP contribution in [-0.2, 0) is 27.8 Å². The zero-order valence-electron chi connectivity index (χ0n) is 19.2. The molecule has 0 aliphatic heterocycles. The topological polar surface area (TPSA) is 80.1 Å². The highest BCUT2D eigenvalue weighted by Crippen LogP contribution is 2.28. The van der Waals surface area contributed by atoms with E-state index in [9.17, 15) is 13.2 Å². The number of benzene rings is 2. The molecule has 34 heavy (non-hydrogen) atoms. The number of fused-ring (bicyclic) bond motifs is 1. The largest absolute Gasteiger partial charge is 0.484 e. The van der Waals surface area contributed by atoms with Crippen LogP contribution < -0.4 is 9.04 Å². The zero-order chi connectivity index (χ0) is 24.3. The molecule has 4 aromatic rings. The number of rotatable bonds is 9. The number of sulfonamides is 1. The molecule has 0 saturated carbocycles. The third kappa shape index (κ3) is 4.80. The smallest absolute Gasteiger partial charge is 0.273 e. The Bertz CT molecular complexity index is 1380. The van der Waals surface area contributed by atoms with Crippen LogP contribution in [0.3, 0.4) is 0 Å². The number of amides is 1. The van der Waals surface area contributed by atoms with Gasteiger partial charge < -0.3 is 14.1 Å². The molecule has 2 aromatic heterocycles. The summed E-state index contributed by atoms with van der Waals surface area (Å²) in [5.74, 6) is 1.18. The van der Waals surface area contributed by atoms with Gasteiger partial charge in [0.05, 0.1) is 5.69 Å². The SMILES string of the molecule is CCc1oc2ccccc2c1CN(C)C(=O)COc1ccc(N(C)S(=O)(=O)c2cccs2)cc1. The molecule has 2 heterocycles. The van der Waals surface area contributed by atoms with Crippen molar-refractivity contribution in [3.8, 4) is 5.75 Å². The average Bonchev–Trinajstić information content (AvgIpc) is 3.51. The maximum Gasteiger partial charge on any atom is 0.273 e. The summed E-state index contributed by atoms with van der Waals surface area (Å²) >= 11 is 1.17. The minimum absolute atomic E-state index is 0.129. The van der Waals surface area contributed by atoms with Crippen LogP contribution in [0.5, 0.6) is 5.75 Å². The van der Waals surface area contributed by atoms with Crippen molar-refractivity contribution in [3.63, 3.8) is 0 Å². The fourth-order valence-corrected chi connectivity index (χ4v) is 5.98. The number of furan rings is 1. The minimum atomic E-state index is -3.60. The first kappa shape index (κ1) is 23.8. The molecule has 2 aromatic carbocycles. The first-order valence-corrected chi connectivity index (χ1v) is 13.1. The van der Waals surface area contributed by atoms with Gasteiger partial charge in [-0.25, -0.2) is 8.42 Å². The van der Waals surface area contributed by atoms with E-state index < -0.39 is 10.0 Å². The lowest BCUT2D eigenvalue weighted by Gasteiger charge is -2.19. The van der Waals surface area contributed by atoms with Crippen molar-refractivity contribution in [2.24, 2.45) is 0 Å². The van der Waals surface area contributed by atoms with E-state index in [4.69, 9.17) is 9.15 Å². The Kier molecular flexibility index (Phi) is 6.95. The van der Waals surface area contributed by atoms with Crippen LogP contribution in [0, 0.1) is 0 Å². The van der Waals surface area contributed by atoms with Crippen molar-refractivity contribution in [2.45, 2.75) is 24.1 Å². The van der Waals surface area contributed by atoms with E-state index in [-0.39, 0.29) is 16.7 Å². The van der Waals surface area contributed by atoms with E-state index in [1.807, 2.05) is 31.2 Å². The van der Waals surface area contributed by atoms with Crippen molar-refractivity contribution in [2.75, 3.05) is 25.0 Å². The Morgan fingerprint density at radius 2 is 1.76 bits per heavy atom. The Balaban J connectivity index is 1.38. The van der Waals surface area contributed by atoms with Gasteiger partial charge >= 0.3 is 0 Å². The summed E-state index contributed by atoms with van der Waals surface area (Å²) in [5.41, 5.74) is 2.33. The molecule has 0 saturated heterocycles. The highest BCUT2D eigenvalue weighted by atomic mass is 32.2. The number of para-hydroxylation sites is 1. The average molecular weight is 499 g/mol. The predicted molar refractivity (Wildman–Crippen MR) is 134 cm³/mol. The Morgan fingerprint density at radius 3 is 2.44 bits per heavy atom. The lowest BCUT2D eigenvalue weighted by atomic mass is 10.1. The molecule has 4 rings (SSSR count). The predicted octanol–water partition coefficient (Wildman–Crippen LogP) is 4.92. The number of thiophene rings is 1. The van der Waals surface area contributed by atoms with E-state index in [1.54, 1.807) is 53.7 Å². The van der Waals surface area contributed by atoms with E-state index in [0.717, 1.165) is 28.7 Å². The van der Waals surface area contributed by atoms with Gasteiger partial charge in [0.1, 0.15) is 21.3 Å². The molecule has 7 nitrogen and oxygen atoms in total. The Hall–Kier alpha value is -3.30. The van der Waals surface area contributed by atoms with Gasteiger partial charge in [-0.2, -0.15) is 0 Å². The molecular weight excluding hydrogens is 472 g/mol. The number of hydrogen-bond acceptors (Lipinski definition) is 6. The Labute approximate surface area is 203 Å². The summed E-state index contributed by atoms with van der Waals surface area (Å²) < 4.78 is 38.4. The summed E-state index contributed by atoms with van der Waals surface area (Å²) in [5, 5.41) is 2.74. The monoisotopic (exact) mass is 498 g/mol. The number of anilines is 1. The van der Waals surface area contributed by atoms with Gasteiger partial charge in [-0.05, 0) is 41.8 Å². The van der Waals surface area contributed by atoms with E-state index in [1.165, 1.54) is 22.7 Å². The minimum Gasteiger partial charge on any atom is -0.484 e. The molecule has 0 spiro atoms. The zero-order valence-corrected chi connectivity index (χ0v) is 20.9. The lowest BCUT2D eigenvalue weighted by Crippen LogP contribution is -2.31. The molecule has 1 amide bonds. The van der Waals surface area contributed by atoms with Crippen LogP contribution in [0.25, 0.3) is 11.0 Å². The standard InChI is InChI=1S/C25H26N2O5S2/c1-4-22-21(20-8-5-6-9-23(20)32-22)16-26(2)24(28)17-31-19-13-11-18(12-14-19)27(3)34(29,30)25-10-7-15-33-25/h5-15H,4,16-17H2,1-3H3. The second-order valence-corrected chi connectivity index (χ2v) is 10.9. The summed E-state index contributed by atoms with van der Waals surface area (Å²) in [6.45, 7) is 2.32. The van der Waals surface area contributed by atoms with Crippen molar-refractivity contribution in [1.29, 1.82) is 0 Å². The van der Waals surface area contributed by atoms with Gasteiger partial charge in [-0.1, -0.05) is 31.2 Å². The van der Waals surface area contributed by atoms with Gasteiger partial charge in [-0.3, -0.25) is 9.10 Å². The lowest BCUT2D eigenvalue weighted by molar-refractivity contribution is -0.132. The van der Waals surface area contributed by atoms with Gasteiger partial charge in [0, 0.05) is 38.0 Å². The fourth-order valence-electron chi connectivity index (χ4n) is 3.63. The van der Waals surface area contributed by atoms with Crippen molar-refractivity contribution < 1.29 is 22.4 Å². The third-order valence-corrected chi connectivity index (χ3v) is 8.76. The normalized spacial score (nSPS) is 11.5. The van der Waals surface area contributed by atoms with Gasteiger partial charge in [0.2, 0.25) is 0 Å². The number of hydrogen-bond donors (Lipinski definition) is 0. The van der Waals surface area contributed by atoms with Crippen LogP contribution in [0.2, 0.25) is 0 Å². The van der Waals surface area contributed by atoms with Crippen molar-refractivity contribution in [3.05, 3.63) is 77.4 Å². The summed E-state index contributed by atoms with van der Waals surface area (Å²) in [6.07, 6.45) is 0.742. The van der Waals surface area contributed by atoms with E-state index in [0.29, 0.717) is 18.0 Å². The van der Waals surface area contributed by atoms with Crippen molar-refractivity contribution in [1.82, 2.24) is 4.90 Å². The van der Waals surface area contributed by atoms with Crippen LogP contribution in [0.15, 0.2) is 74.7 Å².